The van der Waals surface area contributed by atoms with Crippen LogP contribution in [0.1, 0.15) is 35.4 Å². The highest BCUT2D eigenvalue weighted by atomic mass is 35.5. The van der Waals surface area contributed by atoms with Crippen molar-refractivity contribution in [3.8, 4) is 11.5 Å². The molecular formula is C23H18Cl2N2O2. The van der Waals surface area contributed by atoms with Crippen LogP contribution in [0.2, 0.25) is 10.0 Å². The Bertz CT molecular complexity index is 1080. The number of rotatable bonds is 3. The van der Waals surface area contributed by atoms with E-state index in [0.29, 0.717) is 10.0 Å². The summed E-state index contributed by atoms with van der Waals surface area (Å²) in [7, 11) is 1.66. The van der Waals surface area contributed by atoms with Gasteiger partial charge in [-0.15, -0.1) is 0 Å². The lowest BCUT2D eigenvalue weighted by atomic mass is 9.96. The van der Waals surface area contributed by atoms with Crippen molar-refractivity contribution in [2.45, 2.75) is 18.7 Å². The first-order chi connectivity index (χ1) is 14.2. The summed E-state index contributed by atoms with van der Waals surface area (Å²) in [6.45, 7) is 0. The molecule has 0 fully saturated rings. The van der Waals surface area contributed by atoms with E-state index >= 15 is 0 Å². The molecule has 0 aliphatic carbocycles. The number of benzene rings is 3. The Balaban J connectivity index is 1.60. The second-order valence-corrected chi connectivity index (χ2v) is 7.83. The van der Waals surface area contributed by atoms with Crippen LogP contribution in [0.4, 0.5) is 0 Å². The Morgan fingerprint density at radius 2 is 1.69 bits per heavy atom. The van der Waals surface area contributed by atoms with Crippen molar-refractivity contribution in [2.75, 3.05) is 7.11 Å². The minimum Gasteiger partial charge on any atom is -0.497 e. The average molecular weight is 425 g/mol. The van der Waals surface area contributed by atoms with Crippen LogP contribution in [-0.4, -0.2) is 17.8 Å². The van der Waals surface area contributed by atoms with Gasteiger partial charge in [-0.05, 0) is 48.0 Å². The minimum absolute atomic E-state index is 0.0504. The number of hydrogen-bond acceptors (Lipinski definition) is 4. The maximum atomic E-state index is 6.51. The molecule has 6 heteroatoms. The van der Waals surface area contributed by atoms with Gasteiger partial charge in [-0.3, -0.25) is 0 Å². The van der Waals surface area contributed by atoms with Crippen LogP contribution in [0.15, 0.2) is 71.8 Å². The van der Waals surface area contributed by atoms with E-state index in [2.05, 4.69) is 6.07 Å². The molecule has 0 unspecified atom stereocenters. The normalized spacial score (nSPS) is 19.8. The van der Waals surface area contributed by atoms with E-state index in [-0.39, 0.29) is 6.04 Å². The molecule has 3 aromatic rings. The first-order valence-corrected chi connectivity index (χ1v) is 10.1. The predicted octanol–water partition coefficient (Wildman–Crippen LogP) is 6.24. The zero-order valence-electron chi connectivity index (χ0n) is 15.7. The van der Waals surface area contributed by atoms with Gasteiger partial charge in [0.1, 0.15) is 11.5 Å². The summed E-state index contributed by atoms with van der Waals surface area (Å²) < 4.78 is 11.6. The SMILES string of the molecule is COc1ccc(C2=NN3[C@H](C2)c2ccccc2O[C@H]3c2c(Cl)cccc2Cl)cc1. The Morgan fingerprint density at radius 1 is 0.966 bits per heavy atom. The molecule has 2 aliphatic heterocycles. The fourth-order valence-electron chi connectivity index (χ4n) is 3.93. The van der Waals surface area contributed by atoms with E-state index in [1.807, 2.05) is 65.7 Å². The first kappa shape index (κ1) is 18.3. The molecule has 29 heavy (non-hydrogen) atoms. The number of hydrazone groups is 1. The molecule has 0 amide bonds. The molecule has 2 aliphatic rings. The molecule has 5 rings (SSSR count). The average Bonchev–Trinajstić information content (AvgIpc) is 3.19. The van der Waals surface area contributed by atoms with Gasteiger partial charge in [0.05, 0.1) is 34.5 Å². The van der Waals surface area contributed by atoms with Crippen molar-refractivity contribution in [3.05, 3.63) is 93.5 Å². The number of ether oxygens (including phenoxy) is 2. The van der Waals surface area contributed by atoms with Crippen LogP contribution in [0.5, 0.6) is 11.5 Å². The molecule has 0 aromatic heterocycles. The molecule has 3 aromatic carbocycles. The van der Waals surface area contributed by atoms with Gasteiger partial charge in [-0.2, -0.15) is 5.10 Å². The summed E-state index contributed by atoms with van der Waals surface area (Å²) >= 11 is 13.0. The summed E-state index contributed by atoms with van der Waals surface area (Å²) in [6.07, 6.45) is 0.275. The Morgan fingerprint density at radius 3 is 2.41 bits per heavy atom. The van der Waals surface area contributed by atoms with E-state index in [9.17, 15) is 0 Å². The lowest BCUT2D eigenvalue weighted by Crippen LogP contribution is -2.34. The zero-order chi connectivity index (χ0) is 20.0. The second kappa shape index (κ2) is 7.29. The maximum Gasteiger partial charge on any atom is 0.216 e. The number of halogens is 2. The predicted molar refractivity (Wildman–Crippen MR) is 115 cm³/mol. The van der Waals surface area contributed by atoms with Gasteiger partial charge < -0.3 is 9.47 Å². The molecule has 4 nitrogen and oxygen atoms in total. The van der Waals surface area contributed by atoms with Crippen molar-refractivity contribution < 1.29 is 9.47 Å². The molecular weight excluding hydrogens is 407 g/mol. The van der Waals surface area contributed by atoms with E-state index in [1.165, 1.54) is 0 Å². The molecule has 0 saturated heterocycles. The van der Waals surface area contributed by atoms with Gasteiger partial charge in [0, 0.05) is 12.0 Å². The topological polar surface area (TPSA) is 34.1 Å². The summed E-state index contributed by atoms with van der Waals surface area (Å²) in [6, 6.07) is 21.5. The first-order valence-electron chi connectivity index (χ1n) is 9.35. The second-order valence-electron chi connectivity index (χ2n) is 7.02. The summed E-state index contributed by atoms with van der Waals surface area (Å²) in [4.78, 5) is 0. The molecule has 146 valence electrons. The third-order valence-corrected chi connectivity index (χ3v) is 6.03. The molecule has 0 spiro atoms. The minimum atomic E-state index is -0.494. The number of hydrogen-bond donors (Lipinski definition) is 0. The molecule has 2 heterocycles. The quantitative estimate of drug-likeness (QED) is 0.498. The van der Waals surface area contributed by atoms with Gasteiger partial charge in [0.2, 0.25) is 6.23 Å². The van der Waals surface area contributed by atoms with Gasteiger partial charge in [0.25, 0.3) is 0 Å². The van der Waals surface area contributed by atoms with Crippen LogP contribution in [0, 0.1) is 0 Å². The van der Waals surface area contributed by atoms with Crippen LogP contribution in [-0.2, 0) is 0 Å². The highest BCUT2D eigenvalue weighted by Crippen LogP contribution is 2.49. The Kier molecular flexibility index (Phi) is 4.61. The largest absolute Gasteiger partial charge is 0.497 e. The van der Waals surface area contributed by atoms with Crippen molar-refractivity contribution in [3.63, 3.8) is 0 Å². The molecule has 0 bridgehead atoms. The third-order valence-electron chi connectivity index (χ3n) is 5.37. The smallest absolute Gasteiger partial charge is 0.216 e. The van der Waals surface area contributed by atoms with Crippen molar-refractivity contribution in [1.29, 1.82) is 0 Å². The third kappa shape index (κ3) is 3.13. The summed E-state index contributed by atoms with van der Waals surface area (Å²) in [5.41, 5.74) is 3.89. The summed E-state index contributed by atoms with van der Waals surface area (Å²) in [5.74, 6) is 1.65. The number of methoxy groups -OCH3 is 1. The molecule has 0 N–H and O–H groups in total. The monoisotopic (exact) mass is 424 g/mol. The Labute approximate surface area is 179 Å². The van der Waals surface area contributed by atoms with Crippen LogP contribution in [0.25, 0.3) is 0 Å². The van der Waals surface area contributed by atoms with Crippen molar-refractivity contribution >= 4 is 28.9 Å². The van der Waals surface area contributed by atoms with Gasteiger partial charge in [-0.25, -0.2) is 5.01 Å². The highest BCUT2D eigenvalue weighted by Gasteiger charge is 2.42. The fraction of sp³-hybridized carbons (Fsp3) is 0.174. The number of nitrogens with zero attached hydrogens (tertiary/aromatic N) is 2. The highest BCUT2D eigenvalue weighted by molar-refractivity contribution is 6.36. The van der Waals surface area contributed by atoms with E-state index in [0.717, 1.165) is 40.3 Å². The van der Waals surface area contributed by atoms with Gasteiger partial charge in [0.15, 0.2) is 0 Å². The Hall–Kier alpha value is -2.69. The van der Waals surface area contributed by atoms with E-state index < -0.39 is 6.23 Å². The van der Waals surface area contributed by atoms with Crippen LogP contribution >= 0.6 is 23.2 Å². The molecule has 0 radical (unpaired) electrons. The van der Waals surface area contributed by atoms with E-state index in [1.54, 1.807) is 7.11 Å². The van der Waals surface area contributed by atoms with Crippen molar-refractivity contribution in [1.82, 2.24) is 5.01 Å². The lowest BCUT2D eigenvalue weighted by Gasteiger charge is -2.38. The van der Waals surface area contributed by atoms with Crippen molar-refractivity contribution in [2.24, 2.45) is 5.10 Å². The standard InChI is InChI=1S/C23H18Cl2N2O2/c1-28-15-11-9-14(10-12-15)19-13-20-16-5-2-3-8-21(16)29-23(27(20)26-19)22-17(24)6-4-7-18(22)25/h2-12,20,23H,13H2,1H3/t20-,23+/m1/s1. The molecule has 0 saturated carbocycles. The number of fused-ring (bicyclic) bond motifs is 3. The molecule has 2 atom stereocenters. The number of para-hydroxylation sites is 1. The lowest BCUT2D eigenvalue weighted by molar-refractivity contribution is -0.0189. The van der Waals surface area contributed by atoms with Gasteiger partial charge >= 0.3 is 0 Å². The zero-order valence-corrected chi connectivity index (χ0v) is 17.2. The maximum absolute atomic E-state index is 6.51. The van der Waals surface area contributed by atoms with Crippen LogP contribution < -0.4 is 9.47 Å². The van der Waals surface area contributed by atoms with E-state index in [4.69, 9.17) is 37.8 Å². The van der Waals surface area contributed by atoms with Gasteiger partial charge in [-0.1, -0.05) is 47.5 Å². The fourth-order valence-corrected chi connectivity index (χ4v) is 4.51. The summed E-state index contributed by atoms with van der Waals surface area (Å²) in [5, 5.41) is 8.05. The van der Waals surface area contributed by atoms with Crippen LogP contribution in [0.3, 0.4) is 0 Å².